The highest BCUT2D eigenvalue weighted by Gasteiger charge is 2.24. The summed E-state index contributed by atoms with van der Waals surface area (Å²) in [5.74, 6) is 1.45. The highest BCUT2D eigenvalue weighted by atomic mass is 16.5. The molecule has 0 saturated carbocycles. The summed E-state index contributed by atoms with van der Waals surface area (Å²) in [6.45, 7) is 7.12. The first-order valence-electron chi connectivity index (χ1n) is 7.36. The van der Waals surface area contributed by atoms with Gasteiger partial charge in [-0.25, -0.2) is 0 Å². The minimum Gasteiger partial charge on any atom is -0.479 e. The van der Waals surface area contributed by atoms with Gasteiger partial charge in [-0.05, 0) is 45.9 Å². The summed E-state index contributed by atoms with van der Waals surface area (Å²) in [5, 5.41) is 5.58. The average molecular weight is 314 g/mol. The normalized spacial score (nSPS) is 16.3. The number of carbonyl (C=O) groups is 2. The van der Waals surface area contributed by atoms with Gasteiger partial charge in [0.1, 0.15) is 17.3 Å². The summed E-state index contributed by atoms with van der Waals surface area (Å²) >= 11 is 0. The van der Waals surface area contributed by atoms with Crippen molar-refractivity contribution in [3.63, 3.8) is 0 Å². The topological polar surface area (TPSA) is 80.6 Å². The highest BCUT2D eigenvalue weighted by Crippen LogP contribution is 2.32. The molecule has 2 N–H and O–H groups in total. The van der Waals surface area contributed by atoms with E-state index in [2.05, 4.69) is 10.6 Å². The number of fused-ring (bicyclic) bond motifs is 1. The lowest BCUT2D eigenvalue weighted by Crippen LogP contribution is -2.34. The van der Waals surface area contributed by atoms with Crippen molar-refractivity contribution in [3.05, 3.63) is 40.8 Å². The van der Waals surface area contributed by atoms with Gasteiger partial charge in [-0.15, -0.1) is 0 Å². The molecule has 2 heterocycles. The number of nitrogens with one attached hydrogen (secondary N) is 2. The second-order valence-corrected chi connectivity index (χ2v) is 5.63. The van der Waals surface area contributed by atoms with Crippen molar-refractivity contribution in [3.8, 4) is 5.75 Å². The van der Waals surface area contributed by atoms with Gasteiger partial charge in [0.25, 0.3) is 11.8 Å². The maximum absolute atomic E-state index is 12.5. The molecule has 23 heavy (non-hydrogen) atoms. The Labute approximate surface area is 133 Å². The van der Waals surface area contributed by atoms with Gasteiger partial charge in [0.15, 0.2) is 6.10 Å². The minimum absolute atomic E-state index is 0.210. The standard InChI is InChI=1S/C17H18N2O4/c1-8-9(2)22-10(3)15(8)17(21)18-12-5-6-14-13(7-12)19-16(20)11(4)23-14/h5-7,11H,1-4H3,(H,18,21)(H,19,20)/t11-/m1/s1. The number of amides is 2. The SMILES string of the molecule is Cc1oc(C)c(C(=O)Nc2ccc3c(c2)NC(=O)[C@@H](C)O3)c1C. The summed E-state index contributed by atoms with van der Waals surface area (Å²) in [7, 11) is 0. The fourth-order valence-electron chi connectivity index (χ4n) is 2.61. The van der Waals surface area contributed by atoms with E-state index in [1.807, 2.05) is 13.8 Å². The van der Waals surface area contributed by atoms with Crippen molar-refractivity contribution in [2.24, 2.45) is 0 Å². The number of ether oxygens (including phenoxy) is 1. The van der Waals surface area contributed by atoms with Crippen LogP contribution in [0, 0.1) is 20.8 Å². The highest BCUT2D eigenvalue weighted by molar-refractivity contribution is 6.07. The molecule has 2 amide bonds. The van der Waals surface area contributed by atoms with Crippen LogP contribution in [0.4, 0.5) is 11.4 Å². The molecule has 120 valence electrons. The third-order valence-electron chi connectivity index (χ3n) is 3.96. The Kier molecular flexibility index (Phi) is 3.60. The zero-order valence-electron chi connectivity index (χ0n) is 13.4. The Bertz CT molecular complexity index is 807. The largest absolute Gasteiger partial charge is 0.479 e. The van der Waals surface area contributed by atoms with E-state index in [0.717, 1.165) is 11.3 Å². The third kappa shape index (κ3) is 2.67. The lowest BCUT2D eigenvalue weighted by molar-refractivity contribution is -0.122. The molecular formula is C17H18N2O4. The molecular weight excluding hydrogens is 296 g/mol. The van der Waals surface area contributed by atoms with E-state index in [4.69, 9.17) is 9.15 Å². The fourth-order valence-corrected chi connectivity index (χ4v) is 2.61. The number of carbonyl (C=O) groups excluding carboxylic acids is 2. The van der Waals surface area contributed by atoms with Crippen LogP contribution in [0.3, 0.4) is 0 Å². The molecule has 1 aromatic carbocycles. The molecule has 0 bridgehead atoms. The molecule has 1 aromatic heterocycles. The van der Waals surface area contributed by atoms with E-state index in [-0.39, 0.29) is 11.8 Å². The lowest BCUT2D eigenvalue weighted by atomic mass is 10.1. The fraction of sp³-hybridized carbons (Fsp3) is 0.294. The number of anilines is 2. The van der Waals surface area contributed by atoms with Crippen LogP contribution in [0.2, 0.25) is 0 Å². The number of benzene rings is 1. The number of hydrogen-bond acceptors (Lipinski definition) is 4. The molecule has 1 aliphatic rings. The molecule has 0 fully saturated rings. The van der Waals surface area contributed by atoms with Gasteiger partial charge < -0.3 is 19.8 Å². The Balaban J connectivity index is 1.85. The average Bonchev–Trinajstić information content (AvgIpc) is 2.73. The maximum Gasteiger partial charge on any atom is 0.265 e. The Hall–Kier alpha value is -2.76. The molecule has 1 atom stereocenters. The van der Waals surface area contributed by atoms with Crippen LogP contribution in [0.5, 0.6) is 5.75 Å². The van der Waals surface area contributed by atoms with Crippen molar-refractivity contribution in [1.82, 2.24) is 0 Å². The second-order valence-electron chi connectivity index (χ2n) is 5.63. The zero-order valence-corrected chi connectivity index (χ0v) is 13.4. The lowest BCUT2D eigenvalue weighted by Gasteiger charge is -2.23. The van der Waals surface area contributed by atoms with Gasteiger partial charge >= 0.3 is 0 Å². The van der Waals surface area contributed by atoms with Crippen molar-refractivity contribution in [2.45, 2.75) is 33.8 Å². The molecule has 0 unspecified atom stereocenters. The van der Waals surface area contributed by atoms with E-state index in [1.54, 1.807) is 32.0 Å². The van der Waals surface area contributed by atoms with Gasteiger partial charge in [0.2, 0.25) is 0 Å². The summed E-state index contributed by atoms with van der Waals surface area (Å²) < 4.78 is 11.0. The van der Waals surface area contributed by atoms with Gasteiger partial charge in [-0.3, -0.25) is 9.59 Å². The molecule has 0 radical (unpaired) electrons. The van der Waals surface area contributed by atoms with Gasteiger partial charge in [-0.2, -0.15) is 0 Å². The van der Waals surface area contributed by atoms with E-state index in [1.165, 1.54) is 0 Å². The molecule has 0 aliphatic carbocycles. The Morgan fingerprint density at radius 1 is 1.22 bits per heavy atom. The van der Waals surface area contributed by atoms with Gasteiger partial charge in [0, 0.05) is 11.3 Å². The van der Waals surface area contributed by atoms with Crippen LogP contribution >= 0.6 is 0 Å². The zero-order chi connectivity index (χ0) is 16.7. The monoisotopic (exact) mass is 314 g/mol. The molecule has 6 heteroatoms. The molecule has 2 aromatic rings. The molecule has 3 rings (SSSR count). The van der Waals surface area contributed by atoms with E-state index in [9.17, 15) is 9.59 Å². The van der Waals surface area contributed by atoms with Crippen LogP contribution in [0.1, 0.15) is 34.4 Å². The predicted octanol–water partition coefficient (Wildman–Crippen LogP) is 3.18. The maximum atomic E-state index is 12.5. The van der Waals surface area contributed by atoms with Crippen molar-refractivity contribution < 1.29 is 18.7 Å². The van der Waals surface area contributed by atoms with E-state index < -0.39 is 6.10 Å². The summed E-state index contributed by atoms with van der Waals surface area (Å²) in [6, 6.07) is 5.13. The van der Waals surface area contributed by atoms with Crippen molar-refractivity contribution in [2.75, 3.05) is 10.6 Å². The van der Waals surface area contributed by atoms with Gasteiger partial charge in [0.05, 0.1) is 11.3 Å². The van der Waals surface area contributed by atoms with Crippen LogP contribution in [0.15, 0.2) is 22.6 Å². The first-order chi connectivity index (χ1) is 10.9. The van der Waals surface area contributed by atoms with Gasteiger partial charge in [-0.1, -0.05) is 0 Å². The van der Waals surface area contributed by atoms with E-state index >= 15 is 0 Å². The van der Waals surface area contributed by atoms with Crippen LogP contribution in [0.25, 0.3) is 0 Å². The predicted molar refractivity (Wildman–Crippen MR) is 86.0 cm³/mol. The first-order valence-corrected chi connectivity index (χ1v) is 7.36. The summed E-state index contributed by atoms with van der Waals surface area (Å²) in [5.41, 5.74) is 2.48. The van der Waals surface area contributed by atoms with Crippen molar-refractivity contribution >= 4 is 23.2 Å². The number of aryl methyl sites for hydroxylation is 2. The third-order valence-corrected chi connectivity index (χ3v) is 3.96. The van der Waals surface area contributed by atoms with Crippen LogP contribution in [-0.2, 0) is 4.79 Å². The summed E-state index contributed by atoms with van der Waals surface area (Å²) in [6.07, 6.45) is -0.526. The van der Waals surface area contributed by atoms with E-state index in [0.29, 0.717) is 28.4 Å². The summed E-state index contributed by atoms with van der Waals surface area (Å²) in [4.78, 5) is 24.1. The minimum atomic E-state index is -0.526. The Morgan fingerprint density at radius 3 is 2.61 bits per heavy atom. The molecule has 0 saturated heterocycles. The molecule has 0 spiro atoms. The second kappa shape index (κ2) is 5.46. The number of hydrogen-bond donors (Lipinski definition) is 2. The van der Waals surface area contributed by atoms with Crippen molar-refractivity contribution in [1.29, 1.82) is 0 Å². The number of rotatable bonds is 2. The van der Waals surface area contributed by atoms with Crippen LogP contribution in [-0.4, -0.2) is 17.9 Å². The quantitative estimate of drug-likeness (QED) is 0.892. The Morgan fingerprint density at radius 2 is 1.96 bits per heavy atom. The smallest absolute Gasteiger partial charge is 0.265 e. The number of furan rings is 1. The first kappa shape index (κ1) is 15.1. The molecule has 1 aliphatic heterocycles. The van der Waals surface area contributed by atoms with Crippen LogP contribution < -0.4 is 15.4 Å². The molecule has 6 nitrogen and oxygen atoms in total.